The lowest BCUT2D eigenvalue weighted by Crippen LogP contribution is -2.43. The summed E-state index contributed by atoms with van der Waals surface area (Å²) in [5.74, 6) is 1.01. The fourth-order valence-corrected chi connectivity index (χ4v) is 3.01. The fraction of sp³-hybridized carbons (Fsp3) is 0.429. The van der Waals surface area contributed by atoms with Crippen molar-refractivity contribution in [3.8, 4) is 0 Å². The van der Waals surface area contributed by atoms with Gasteiger partial charge in [-0.2, -0.15) is 11.8 Å². The van der Waals surface area contributed by atoms with Gasteiger partial charge in [0, 0.05) is 35.3 Å². The smallest absolute Gasteiger partial charge is 0.321 e. The molecule has 0 spiro atoms. The third-order valence-corrected chi connectivity index (χ3v) is 4.21. The summed E-state index contributed by atoms with van der Waals surface area (Å²) in [6.45, 7) is 5.22. The molecule has 19 heavy (non-hydrogen) atoms. The zero-order valence-electron chi connectivity index (χ0n) is 11.2. The van der Waals surface area contributed by atoms with Crippen LogP contribution in [0.2, 0.25) is 0 Å². The number of Topliss-reactive ketones (excluding diaryl/α,β-unsaturated/α-hetero) is 1. The molecule has 2 amide bonds. The average Bonchev–Trinajstić information content (AvgIpc) is 2.39. The Bertz CT molecular complexity index is 473. The highest BCUT2D eigenvalue weighted by Gasteiger charge is 2.21. The number of carbonyl (C=O) groups excluding carboxylic acids is 2. The lowest BCUT2D eigenvalue weighted by Gasteiger charge is -2.30. The molecule has 1 fully saturated rings. The van der Waals surface area contributed by atoms with Gasteiger partial charge in [-0.3, -0.25) is 4.79 Å². The van der Waals surface area contributed by atoms with Gasteiger partial charge in [-0.25, -0.2) is 4.79 Å². The van der Waals surface area contributed by atoms with Crippen molar-refractivity contribution in [3.63, 3.8) is 0 Å². The number of nitrogens with one attached hydrogen (secondary N) is 1. The Hall–Kier alpha value is -1.49. The minimum atomic E-state index is -0.0669. The van der Waals surface area contributed by atoms with E-state index >= 15 is 0 Å². The predicted molar refractivity (Wildman–Crippen MR) is 79.0 cm³/mol. The van der Waals surface area contributed by atoms with Gasteiger partial charge < -0.3 is 10.2 Å². The minimum Gasteiger partial charge on any atom is -0.323 e. The Morgan fingerprint density at radius 1 is 1.32 bits per heavy atom. The maximum absolute atomic E-state index is 12.1. The van der Waals surface area contributed by atoms with E-state index in [9.17, 15) is 9.59 Å². The number of anilines is 1. The molecule has 4 nitrogen and oxygen atoms in total. The van der Waals surface area contributed by atoms with Gasteiger partial charge in [-0.15, -0.1) is 0 Å². The maximum Gasteiger partial charge on any atom is 0.321 e. The van der Waals surface area contributed by atoms with Crippen LogP contribution in [0, 0.1) is 0 Å². The summed E-state index contributed by atoms with van der Waals surface area (Å²) in [5.41, 5.74) is 1.38. The second-order valence-corrected chi connectivity index (χ2v) is 6.24. The number of ketones is 1. The molecule has 102 valence electrons. The predicted octanol–water partition coefficient (Wildman–Crippen LogP) is 2.86. The summed E-state index contributed by atoms with van der Waals surface area (Å²) in [6, 6.07) is 6.91. The molecule has 1 heterocycles. The van der Waals surface area contributed by atoms with E-state index in [1.165, 1.54) is 6.92 Å². The molecular formula is C14H18N2O2S. The first kappa shape index (κ1) is 13.9. The number of urea groups is 1. The first-order valence-electron chi connectivity index (χ1n) is 6.35. The second kappa shape index (κ2) is 6.10. The lowest BCUT2D eigenvalue weighted by molar-refractivity contribution is 0.101. The normalized spacial score (nSPS) is 19.1. The molecule has 1 aliphatic heterocycles. The quantitative estimate of drug-likeness (QED) is 0.846. The summed E-state index contributed by atoms with van der Waals surface area (Å²) in [4.78, 5) is 25.1. The van der Waals surface area contributed by atoms with Crippen LogP contribution in [-0.2, 0) is 0 Å². The van der Waals surface area contributed by atoms with Crippen molar-refractivity contribution in [1.29, 1.82) is 0 Å². The van der Waals surface area contributed by atoms with Crippen molar-refractivity contribution in [2.75, 3.05) is 24.2 Å². The monoisotopic (exact) mass is 278 g/mol. The summed E-state index contributed by atoms with van der Waals surface area (Å²) in [6.07, 6.45) is 0. The molecule has 1 saturated heterocycles. The molecule has 1 N–H and O–H groups in total. The summed E-state index contributed by atoms with van der Waals surface area (Å²) < 4.78 is 0. The molecule has 1 aliphatic rings. The van der Waals surface area contributed by atoms with Gasteiger partial charge in [0.25, 0.3) is 0 Å². The van der Waals surface area contributed by atoms with Gasteiger partial charge in [0.2, 0.25) is 0 Å². The van der Waals surface area contributed by atoms with Crippen LogP contribution in [0.25, 0.3) is 0 Å². The summed E-state index contributed by atoms with van der Waals surface area (Å²) in [7, 11) is 0. The molecule has 1 aromatic carbocycles. The number of hydrogen-bond acceptors (Lipinski definition) is 3. The Labute approximate surface area is 117 Å². The third-order valence-electron chi connectivity index (χ3n) is 3.07. The first-order chi connectivity index (χ1) is 9.06. The van der Waals surface area contributed by atoms with Crippen molar-refractivity contribution in [1.82, 2.24) is 4.90 Å². The number of benzene rings is 1. The van der Waals surface area contributed by atoms with E-state index in [0.29, 0.717) is 10.8 Å². The molecule has 0 aliphatic carbocycles. The van der Waals surface area contributed by atoms with Gasteiger partial charge in [0.15, 0.2) is 5.78 Å². The Morgan fingerprint density at radius 2 is 2.00 bits per heavy atom. The summed E-state index contributed by atoms with van der Waals surface area (Å²) in [5, 5.41) is 3.35. The van der Waals surface area contributed by atoms with Gasteiger partial charge >= 0.3 is 6.03 Å². The van der Waals surface area contributed by atoms with E-state index < -0.39 is 0 Å². The topological polar surface area (TPSA) is 49.4 Å². The number of rotatable bonds is 2. The van der Waals surface area contributed by atoms with Crippen LogP contribution in [0.3, 0.4) is 0 Å². The van der Waals surface area contributed by atoms with Gasteiger partial charge in [-0.1, -0.05) is 6.92 Å². The second-order valence-electron chi connectivity index (χ2n) is 4.69. The Morgan fingerprint density at radius 3 is 2.58 bits per heavy atom. The van der Waals surface area contributed by atoms with Crippen LogP contribution in [-0.4, -0.2) is 40.8 Å². The molecule has 1 atom stereocenters. The molecule has 5 heteroatoms. The number of thioether (sulfide) groups is 1. The van der Waals surface area contributed by atoms with Crippen LogP contribution in [0.1, 0.15) is 24.2 Å². The van der Waals surface area contributed by atoms with Gasteiger partial charge in [-0.05, 0) is 31.2 Å². The zero-order chi connectivity index (χ0) is 13.8. The van der Waals surface area contributed by atoms with Gasteiger partial charge in [0.05, 0.1) is 0 Å². The van der Waals surface area contributed by atoms with Crippen LogP contribution in [0.15, 0.2) is 24.3 Å². The van der Waals surface area contributed by atoms with E-state index in [2.05, 4.69) is 12.2 Å². The molecule has 0 saturated carbocycles. The Balaban J connectivity index is 1.96. The van der Waals surface area contributed by atoms with E-state index in [1.54, 1.807) is 24.3 Å². The lowest BCUT2D eigenvalue weighted by atomic mass is 10.1. The van der Waals surface area contributed by atoms with E-state index in [-0.39, 0.29) is 11.8 Å². The molecule has 0 aromatic heterocycles. The van der Waals surface area contributed by atoms with Crippen molar-refractivity contribution in [3.05, 3.63) is 29.8 Å². The van der Waals surface area contributed by atoms with Crippen molar-refractivity contribution in [2.45, 2.75) is 19.1 Å². The summed E-state index contributed by atoms with van der Waals surface area (Å²) >= 11 is 1.89. The SMILES string of the molecule is CC(=O)c1ccc(NC(=O)N2CCSC(C)C2)cc1. The van der Waals surface area contributed by atoms with Crippen LogP contribution in [0.5, 0.6) is 0 Å². The first-order valence-corrected chi connectivity index (χ1v) is 7.39. The number of nitrogens with zero attached hydrogens (tertiary/aromatic N) is 1. The third kappa shape index (κ3) is 3.73. The molecule has 0 radical (unpaired) electrons. The number of hydrogen-bond donors (Lipinski definition) is 1. The van der Waals surface area contributed by atoms with Crippen LogP contribution in [0.4, 0.5) is 10.5 Å². The number of amides is 2. The molecular weight excluding hydrogens is 260 g/mol. The van der Waals surface area contributed by atoms with Crippen molar-refractivity contribution < 1.29 is 9.59 Å². The molecule has 0 bridgehead atoms. The maximum atomic E-state index is 12.1. The average molecular weight is 278 g/mol. The molecule has 1 unspecified atom stereocenters. The zero-order valence-corrected chi connectivity index (χ0v) is 12.0. The molecule has 1 aromatic rings. The Kier molecular flexibility index (Phi) is 4.47. The van der Waals surface area contributed by atoms with E-state index in [1.807, 2.05) is 16.7 Å². The van der Waals surface area contributed by atoms with Crippen LogP contribution < -0.4 is 5.32 Å². The minimum absolute atomic E-state index is 0.0276. The highest BCUT2D eigenvalue weighted by Crippen LogP contribution is 2.19. The highest BCUT2D eigenvalue weighted by molar-refractivity contribution is 7.99. The van der Waals surface area contributed by atoms with E-state index in [0.717, 1.165) is 24.5 Å². The van der Waals surface area contributed by atoms with Crippen molar-refractivity contribution in [2.24, 2.45) is 0 Å². The highest BCUT2D eigenvalue weighted by atomic mass is 32.2. The largest absolute Gasteiger partial charge is 0.323 e. The van der Waals surface area contributed by atoms with Gasteiger partial charge in [0.1, 0.15) is 0 Å². The van der Waals surface area contributed by atoms with Crippen molar-refractivity contribution >= 4 is 29.3 Å². The standard InChI is InChI=1S/C14H18N2O2S/c1-10-9-16(7-8-19-10)14(18)15-13-5-3-12(4-6-13)11(2)17/h3-6,10H,7-9H2,1-2H3,(H,15,18). The number of carbonyl (C=O) groups is 2. The fourth-order valence-electron chi connectivity index (χ4n) is 1.99. The van der Waals surface area contributed by atoms with Crippen LogP contribution >= 0.6 is 11.8 Å². The molecule has 2 rings (SSSR count). The van der Waals surface area contributed by atoms with E-state index in [4.69, 9.17) is 0 Å².